The smallest absolute Gasteiger partial charge is 0.0447 e. The summed E-state index contributed by atoms with van der Waals surface area (Å²) in [6.07, 6.45) is 4.26. The Morgan fingerprint density at radius 3 is 2.71 bits per heavy atom. The predicted molar refractivity (Wildman–Crippen MR) is 87.6 cm³/mol. The van der Waals surface area contributed by atoms with Gasteiger partial charge in [0.05, 0.1) is 0 Å². The Balaban J connectivity index is 1.82. The number of nitrogens with one attached hydrogen (secondary N) is 1. The number of nitrogens with zero attached hydrogens (tertiary/aromatic N) is 1. The Labute approximate surface area is 127 Å². The second-order valence-corrected chi connectivity index (χ2v) is 6.03. The lowest BCUT2D eigenvalue weighted by atomic mass is 9.70. The van der Waals surface area contributed by atoms with Crippen molar-refractivity contribution >= 4 is 0 Å². The van der Waals surface area contributed by atoms with E-state index in [1.165, 1.54) is 29.7 Å². The number of hydrogen-bond donors (Lipinski definition) is 1. The summed E-state index contributed by atoms with van der Waals surface area (Å²) in [5.41, 5.74) is 4.23. The molecule has 2 nitrogen and oxygen atoms in total. The van der Waals surface area contributed by atoms with Gasteiger partial charge in [0.15, 0.2) is 0 Å². The molecular weight excluding hydrogens is 256 g/mol. The summed E-state index contributed by atoms with van der Waals surface area (Å²) in [6.45, 7) is 5.60. The molecule has 0 radical (unpaired) electrons. The van der Waals surface area contributed by atoms with Gasteiger partial charge in [-0.3, -0.25) is 4.98 Å². The van der Waals surface area contributed by atoms with E-state index in [2.05, 4.69) is 60.5 Å². The Kier molecular flexibility index (Phi) is 4.35. The van der Waals surface area contributed by atoms with Gasteiger partial charge in [-0.1, -0.05) is 44.2 Å². The zero-order valence-electron chi connectivity index (χ0n) is 12.9. The van der Waals surface area contributed by atoms with Crippen molar-refractivity contribution in [1.82, 2.24) is 10.3 Å². The van der Waals surface area contributed by atoms with Gasteiger partial charge >= 0.3 is 0 Å². The van der Waals surface area contributed by atoms with Gasteiger partial charge in [-0.2, -0.15) is 0 Å². The lowest BCUT2D eigenvalue weighted by molar-refractivity contribution is 0.353. The molecule has 0 spiro atoms. The highest BCUT2D eigenvalue weighted by Gasteiger charge is 2.36. The average molecular weight is 280 g/mol. The normalized spacial score (nSPS) is 19.4. The lowest BCUT2D eigenvalue weighted by Crippen LogP contribution is -2.44. The molecule has 1 aliphatic rings. The van der Waals surface area contributed by atoms with Crippen LogP contribution in [0.15, 0.2) is 48.7 Å². The van der Waals surface area contributed by atoms with E-state index in [0.29, 0.717) is 17.9 Å². The second kappa shape index (κ2) is 6.40. The molecule has 1 aromatic heterocycles. The van der Waals surface area contributed by atoms with Crippen LogP contribution in [0.3, 0.4) is 0 Å². The van der Waals surface area contributed by atoms with Crippen LogP contribution in [0.2, 0.25) is 0 Å². The number of hydrogen-bond acceptors (Lipinski definition) is 2. The van der Waals surface area contributed by atoms with Crippen LogP contribution < -0.4 is 5.32 Å². The first-order valence-electron chi connectivity index (χ1n) is 8.03. The predicted octanol–water partition coefficient (Wildman–Crippen LogP) is 3.89. The third-order valence-corrected chi connectivity index (χ3v) is 4.65. The summed E-state index contributed by atoms with van der Waals surface area (Å²) < 4.78 is 0. The Bertz CT molecular complexity index is 577. The first kappa shape index (κ1) is 14.3. The van der Waals surface area contributed by atoms with Crippen molar-refractivity contribution in [3.8, 4) is 0 Å². The summed E-state index contributed by atoms with van der Waals surface area (Å²) in [7, 11) is 0. The van der Waals surface area contributed by atoms with Crippen LogP contribution in [0.4, 0.5) is 0 Å². The molecule has 3 atom stereocenters. The van der Waals surface area contributed by atoms with E-state index in [1.54, 1.807) is 0 Å². The minimum absolute atomic E-state index is 0.427. The fourth-order valence-corrected chi connectivity index (χ4v) is 3.43. The molecule has 1 aliphatic carbocycles. The Morgan fingerprint density at radius 2 is 2.00 bits per heavy atom. The van der Waals surface area contributed by atoms with Crippen molar-refractivity contribution in [2.24, 2.45) is 0 Å². The van der Waals surface area contributed by atoms with Crippen LogP contribution in [0.1, 0.15) is 48.9 Å². The monoisotopic (exact) mass is 280 g/mol. The SMILES string of the molecule is CCCNC(C(C)c1ccccn1)C1Cc2ccccc21. The molecule has 0 amide bonds. The van der Waals surface area contributed by atoms with Crippen LogP contribution >= 0.6 is 0 Å². The van der Waals surface area contributed by atoms with Gasteiger partial charge in [0.25, 0.3) is 0 Å². The van der Waals surface area contributed by atoms with Gasteiger partial charge < -0.3 is 5.32 Å². The van der Waals surface area contributed by atoms with E-state index in [9.17, 15) is 0 Å². The molecule has 0 fully saturated rings. The number of fused-ring (bicyclic) bond motifs is 1. The fourth-order valence-electron chi connectivity index (χ4n) is 3.43. The van der Waals surface area contributed by atoms with Gasteiger partial charge in [0, 0.05) is 29.8 Å². The minimum Gasteiger partial charge on any atom is -0.313 e. The highest BCUT2D eigenvalue weighted by molar-refractivity contribution is 5.42. The van der Waals surface area contributed by atoms with E-state index in [4.69, 9.17) is 0 Å². The molecular formula is C19H24N2. The van der Waals surface area contributed by atoms with Crippen molar-refractivity contribution in [2.45, 2.75) is 44.6 Å². The Morgan fingerprint density at radius 1 is 1.19 bits per heavy atom. The van der Waals surface area contributed by atoms with E-state index in [1.807, 2.05) is 12.3 Å². The van der Waals surface area contributed by atoms with Crippen LogP contribution in [-0.2, 0) is 6.42 Å². The minimum atomic E-state index is 0.427. The summed E-state index contributed by atoms with van der Waals surface area (Å²) in [4.78, 5) is 4.56. The van der Waals surface area contributed by atoms with Crippen LogP contribution in [-0.4, -0.2) is 17.6 Å². The molecule has 3 rings (SSSR count). The molecule has 21 heavy (non-hydrogen) atoms. The zero-order chi connectivity index (χ0) is 14.7. The summed E-state index contributed by atoms with van der Waals surface area (Å²) in [5.74, 6) is 1.04. The summed E-state index contributed by atoms with van der Waals surface area (Å²) in [6, 6.07) is 15.5. The fraction of sp³-hybridized carbons (Fsp3) is 0.421. The number of rotatable bonds is 6. The van der Waals surface area contributed by atoms with Crippen molar-refractivity contribution in [3.05, 3.63) is 65.5 Å². The van der Waals surface area contributed by atoms with E-state index >= 15 is 0 Å². The molecule has 2 heteroatoms. The quantitative estimate of drug-likeness (QED) is 0.868. The first-order chi connectivity index (χ1) is 10.3. The third-order valence-electron chi connectivity index (χ3n) is 4.65. The maximum atomic E-state index is 4.56. The first-order valence-corrected chi connectivity index (χ1v) is 8.03. The maximum absolute atomic E-state index is 4.56. The number of aromatic nitrogens is 1. The van der Waals surface area contributed by atoms with Crippen molar-refractivity contribution in [2.75, 3.05) is 6.54 Å². The van der Waals surface area contributed by atoms with Crippen molar-refractivity contribution in [1.29, 1.82) is 0 Å². The topological polar surface area (TPSA) is 24.9 Å². The standard InChI is InChI=1S/C19H24N2/c1-3-11-21-19(14(2)18-10-6-7-12-20-18)17-13-15-8-4-5-9-16(15)17/h4-10,12,14,17,19,21H,3,11,13H2,1-2H3. The van der Waals surface area contributed by atoms with Crippen molar-refractivity contribution < 1.29 is 0 Å². The van der Waals surface area contributed by atoms with Gasteiger partial charge in [0.2, 0.25) is 0 Å². The molecule has 0 saturated heterocycles. The molecule has 0 saturated carbocycles. The van der Waals surface area contributed by atoms with E-state index < -0.39 is 0 Å². The van der Waals surface area contributed by atoms with Crippen LogP contribution in [0.25, 0.3) is 0 Å². The maximum Gasteiger partial charge on any atom is 0.0447 e. The van der Waals surface area contributed by atoms with Gasteiger partial charge in [-0.15, -0.1) is 0 Å². The second-order valence-electron chi connectivity index (χ2n) is 6.03. The lowest BCUT2D eigenvalue weighted by Gasteiger charge is -2.40. The largest absolute Gasteiger partial charge is 0.313 e. The molecule has 0 aliphatic heterocycles. The van der Waals surface area contributed by atoms with Crippen LogP contribution in [0.5, 0.6) is 0 Å². The van der Waals surface area contributed by atoms with Gasteiger partial charge in [-0.05, 0) is 42.6 Å². The van der Waals surface area contributed by atoms with E-state index in [-0.39, 0.29) is 0 Å². The molecule has 110 valence electrons. The van der Waals surface area contributed by atoms with E-state index in [0.717, 1.165) is 6.54 Å². The molecule has 0 bridgehead atoms. The molecule has 1 heterocycles. The Hall–Kier alpha value is -1.67. The van der Waals surface area contributed by atoms with Crippen molar-refractivity contribution in [3.63, 3.8) is 0 Å². The zero-order valence-corrected chi connectivity index (χ0v) is 12.9. The molecule has 1 aromatic carbocycles. The van der Waals surface area contributed by atoms with Gasteiger partial charge in [0.1, 0.15) is 0 Å². The molecule has 2 aromatic rings. The highest BCUT2D eigenvalue weighted by atomic mass is 14.9. The van der Waals surface area contributed by atoms with Crippen LogP contribution in [0, 0.1) is 0 Å². The summed E-state index contributed by atoms with van der Waals surface area (Å²) in [5, 5.41) is 3.77. The third kappa shape index (κ3) is 2.86. The highest BCUT2D eigenvalue weighted by Crippen LogP contribution is 2.41. The average Bonchev–Trinajstić information content (AvgIpc) is 2.52. The molecule has 3 unspecified atom stereocenters. The number of pyridine rings is 1. The number of benzene rings is 1. The summed E-state index contributed by atoms with van der Waals surface area (Å²) >= 11 is 0. The molecule has 1 N–H and O–H groups in total. The van der Waals surface area contributed by atoms with Gasteiger partial charge in [-0.25, -0.2) is 0 Å².